The minimum atomic E-state index is -4.59. The van der Waals surface area contributed by atoms with Gasteiger partial charge < -0.3 is 14.0 Å². The summed E-state index contributed by atoms with van der Waals surface area (Å²) in [5.41, 5.74) is 1.000. The maximum Gasteiger partial charge on any atom is 0.416 e. The Balaban J connectivity index is 1.71. The van der Waals surface area contributed by atoms with Crippen LogP contribution in [0.4, 0.5) is 13.2 Å². The molecule has 9 nitrogen and oxygen atoms in total. The molecule has 1 atom stereocenters. The third-order valence-electron chi connectivity index (χ3n) is 5.67. The fraction of sp³-hybridized carbons (Fsp3) is 0.320. The van der Waals surface area contributed by atoms with Crippen LogP contribution < -0.4 is 4.74 Å². The highest BCUT2D eigenvalue weighted by Gasteiger charge is 2.36. The lowest BCUT2D eigenvalue weighted by molar-refractivity contribution is -0.143. The van der Waals surface area contributed by atoms with Gasteiger partial charge in [0.25, 0.3) is 0 Å². The zero-order valence-electron chi connectivity index (χ0n) is 20.4. The molecule has 0 bridgehead atoms. The van der Waals surface area contributed by atoms with Crippen molar-refractivity contribution in [3.63, 3.8) is 0 Å². The molecule has 0 saturated carbocycles. The summed E-state index contributed by atoms with van der Waals surface area (Å²) in [7, 11) is 1.47. The Bertz CT molecular complexity index is 1380. The smallest absolute Gasteiger partial charge is 0.416 e. The number of hydrogen-bond donors (Lipinski definition) is 1. The molecular formula is C25H25F3N6O3. The first-order valence-electron chi connectivity index (χ1n) is 11.5. The van der Waals surface area contributed by atoms with Crippen molar-refractivity contribution in [2.24, 2.45) is 0 Å². The molecule has 0 saturated heterocycles. The van der Waals surface area contributed by atoms with Crippen LogP contribution in [0.5, 0.6) is 5.88 Å². The molecule has 4 aromatic rings. The van der Waals surface area contributed by atoms with Gasteiger partial charge in [0, 0.05) is 18.5 Å². The molecule has 3 heterocycles. The molecule has 194 valence electrons. The van der Waals surface area contributed by atoms with E-state index in [4.69, 9.17) is 9.47 Å². The second-order valence-electron chi connectivity index (χ2n) is 8.17. The van der Waals surface area contributed by atoms with Gasteiger partial charge >= 0.3 is 12.1 Å². The monoisotopic (exact) mass is 514 g/mol. The fourth-order valence-electron chi connectivity index (χ4n) is 4.00. The summed E-state index contributed by atoms with van der Waals surface area (Å²) < 4.78 is 53.6. The van der Waals surface area contributed by atoms with E-state index < -0.39 is 23.6 Å². The van der Waals surface area contributed by atoms with Crippen LogP contribution in [0.15, 0.2) is 48.9 Å². The molecule has 4 rings (SSSR count). The van der Waals surface area contributed by atoms with Crippen LogP contribution in [0.25, 0.3) is 17.2 Å². The number of nitrogens with one attached hydrogen (secondary N) is 1. The van der Waals surface area contributed by atoms with Crippen LogP contribution in [0.1, 0.15) is 48.3 Å². The van der Waals surface area contributed by atoms with Gasteiger partial charge in [0.05, 0.1) is 31.3 Å². The normalized spacial score (nSPS) is 12.4. The summed E-state index contributed by atoms with van der Waals surface area (Å²) in [6.45, 7) is 3.70. The molecule has 0 radical (unpaired) electrons. The van der Waals surface area contributed by atoms with E-state index in [1.807, 2.05) is 13.1 Å². The number of benzene rings is 1. The minimum absolute atomic E-state index is 0.0154. The highest BCUT2D eigenvalue weighted by atomic mass is 19.4. The van der Waals surface area contributed by atoms with Gasteiger partial charge in [0.1, 0.15) is 17.2 Å². The third kappa shape index (κ3) is 5.79. The van der Waals surface area contributed by atoms with Crippen molar-refractivity contribution in [1.29, 1.82) is 0 Å². The molecular weight excluding hydrogens is 489 g/mol. The first-order valence-corrected chi connectivity index (χ1v) is 11.5. The number of aryl methyl sites for hydroxylation is 1. The molecule has 1 aromatic carbocycles. The van der Waals surface area contributed by atoms with Gasteiger partial charge in [-0.05, 0) is 44.0 Å². The van der Waals surface area contributed by atoms with Crippen molar-refractivity contribution in [3.8, 4) is 23.1 Å². The average Bonchev–Trinajstić information content (AvgIpc) is 3.53. The summed E-state index contributed by atoms with van der Waals surface area (Å²) in [5, 5.41) is 6.95. The number of carbonyl (C=O) groups excluding carboxylic acids is 1. The SMILES string of the molecule is CCOC(=O)CCC(c1nc(-c2ccc(-n3cnc(C)c3)c(OC)n2)n[nH]1)c1ccccc1C(F)(F)F. The minimum Gasteiger partial charge on any atom is -0.479 e. The van der Waals surface area contributed by atoms with Crippen molar-refractivity contribution in [1.82, 2.24) is 29.7 Å². The number of ether oxygens (including phenoxy) is 2. The van der Waals surface area contributed by atoms with Crippen LogP contribution >= 0.6 is 0 Å². The number of rotatable bonds is 9. The van der Waals surface area contributed by atoms with E-state index in [9.17, 15) is 18.0 Å². The first-order chi connectivity index (χ1) is 17.7. The van der Waals surface area contributed by atoms with Crippen LogP contribution in [0.2, 0.25) is 0 Å². The molecule has 12 heteroatoms. The Morgan fingerprint density at radius 1 is 1.16 bits per heavy atom. The fourth-order valence-corrected chi connectivity index (χ4v) is 4.00. The molecule has 0 aliphatic rings. The number of methoxy groups -OCH3 is 1. The number of esters is 1. The zero-order chi connectivity index (χ0) is 26.6. The van der Waals surface area contributed by atoms with Gasteiger partial charge in [0.15, 0.2) is 5.82 Å². The number of aromatic nitrogens is 6. The molecule has 1 N–H and O–H groups in total. The topological polar surface area (TPSA) is 108 Å². The molecule has 0 amide bonds. The zero-order valence-corrected chi connectivity index (χ0v) is 20.4. The van der Waals surface area contributed by atoms with Gasteiger partial charge in [-0.3, -0.25) is 9.89 Å². The highest BCUT2D eigenvalue weighted by molar-refractivity contribution is 5.69. The molecule has 0 spiro atoms. The van der Waals surface area contributed by atoms with Gasteiger partial charge in [-0.2, -0.15) is 18.3 Å². The predicted octanol–water partition coefficient (Wildman–Crippen LogP) is 4.86. The largest absolute Gasteiger partial charge is 0.479 e. The molecule has 37 heavy (non-hydrogen) atoms. The van der Waals surface area contributed by atoms with Crippen molar-refractivity contribution < 1.29 is 27.4 Å². The van der Waals surface area contributed by atoms with E-state index in [1.165, 1.54) is 25.3 Å². The Kier molecular flexibility index (Phi) is 7.55. The van der Waals surface area contributed by atoms with Crippen molar-refractivity contribution in [3.05, 3.63) is 71.6 Å². The number of aromatic amines is 1. The standard InChI is InChI=1S/C25H25F3N6O3/c1-4-37-21(35)12-9-17(16-7-5-6-8-18(16)25(26,27)28)22-31-23(33-32-22)19-10-11-20(24(30-19)36-3)34-13-15(2)29-14-34/h5-8,10-11,13-14,17H,4,9,12H2,1-3H3,(H,31,32,33). The summed E-state index contributed by atoms with van der Waals surface area (Å²) in [6.07, 6.45) is -1.19. The molecule has 0 aliphatic heterocycles. The van der Waals surface area contributed by atoms with Gasteiger partial charge in [-0.25, -0.2) is 15.0 Å². The van der Waals surface area contributed by atoms with Crippen LogP contribution in [-0.2, 0) is 15.7 Å². The molecule has 1 unspecified atom stereocenters. The lowest BCUT2D eigenvalue weighted by Crippen LogP contribution is -2.15. The van der Waals surface area contributed by atoms with E-state index in [-0.39, 0.29) is 36.7 Å². The van der Waals surface area contributed by atoms with E-state index in [0.717, 1.165) is 11.8 Å². The summed E-state index contributed by atoms with van der Waals surface area (Å²) in [5.74, 6) is -0.757. The lowest BCUT2D eigenvalue weighted by atomic mass is 9.89. The second-order valence-corrected chi connectivity index (χ2v) is 8.17. The van der Waals surface area contributed by atoms with Crippen LogP contribution in [0, 0.1) is 6.92 Å². The molecule has 0 fully saturated rings. The van der Waals surface area contributed by atoms with Crippen molar-refractivity contribution >= 4 is 5.97 Å². The summed E-state index contributed by atoms with van der Waals surface area (Å²) in [4.78, 5) is 25.2. The lowest BCUT2D eigenvalue weighted by Gasteiger charge is -2.19. The maximum atomic E-state index is 13.8. The van der Waals surface area contributed by atoms with E-state index >= 15 is 0 Å². The molecule has 0 aliphatic carbocycles. The average molecular weight is 515 g/mol. The number of H-pyrrole nitrogens is 1. The number of hydrogen-bond acceptors (Lipinski definition) is 7. The highest BCUT2D eigenvalue weighted by Crippen LogP contribution is 2.39. The summed E-state index contributed by atoms with van der Waals surface area (Å²) >= 11 is 0. The van der Waals surface area contributed by atoms with E-state index in [2.05, 4.69) is 25.1 Å². The third-order valence-corrected chi connectivity index (χ3v) is 5.67. The second kappa shape index (κ2) is 10.8. The number of alkyl halides is 3. The Morgan fingerprint density at radius 2 is 1.95 bits per heavy atom. The Hall–Kier alpha value is -4.22. The number of nitrogens with zero attached hydrogens (tertiary/aromatic N) is 5. The van der Waals surface area contributed by atoms with Crippen LogP contribution in [0.3, 0.4) is 0 Å². The summed E-state index contributed by atoms with van der Waals surface area (Å²) in [6, 6.07) is 8.66. The molecule has 3 aromatic heterocycles. The van der Waals surface area contributed by atoms with Gasteiger partial charge in [-0.1, -0.05) is 18.2 Å². The van der Waals surface area contributed by atoms with Crippen molar-refractivity contribution in [2.45, 2.75) is 38.8 Å². The number of imidazole rings is 1. The predicted molar refractivity (Wildman–Crippen MR) is 127 cm³/mol. The maximum absolute atomic E-state index is 13.8. The number of halogens is 3. The van der Waals surface area contributed by atoms with E-state index in [1.54, 1.807) is 30.0 Å². The number of carbonyl (C=O) groups is 1. The first kappa shape index (κ1) is 25.9. The number of pyridine rings is 1. The quantitative estimate of drug-likeness (QED) is 0.318. The Labute approximate surface area is 210 Å². The van der Waals surface area contributed by atoms with E-state index in [0.29, 0.717) is 17.3 Å². The van der Waals surface area contributed by atoms with Gasteiger partial charge in [0.2, 0.25) is 5.88 Å². The van der Waals surface area contributed by atoms with Gasteiger partial charge in [-0.15, -0.1) is 0 Å². The van der Waals surface area contributed by atoms with Crippen molar-refractivity contribution in [2.75, 3.05) is 13.7 Å². The Morgan fingerprint density at radius 3 is 2.62 bits per heavy atom. The van der Waals surface area contributed by atoms with Crippen LogP contribution in [-0.4, -0.2) is 49.4 Å².